The minimum atomic E-state index is 0.849. The van der Waals surface area contributed by atoms with Gasteiger partial charge in [-0.05, 0) is 40.8 Å². The fourth-order valence-corrected chi connectivity index (χ4v) is 2.00. The molecule has 0 N–H and O–H groups in total. The molecule has 78 valence electrons. The lowest BCUT2D eigenvalue weighted by atomic mass is 10.2. The van der Waals surface area contributed by atoms with Gasteiger partial charge in [-0.1, -0.05) is 18.2 Å². The Morgan fingerprint density at radius 2 is 1.94 bits per heavy atom. The van der Waals surface area contributed by atoms with E-state index < -0.39 is 0 Å². The lowest BCUT2D eigenvalue weighted by molar-refractivity contribution is 0.852. The molecule has 3 rings (SSSR count). The fourth-order valence-electron chi connectivity index (χ4n) is 1.61. The third-order valence-electron chi connectivity index (χ3n) is 2.37. The van der Waals surface area contributed by atoms with Gasteiger partial charge in [-0.15, -0.1) is 0 Å². The Hall–Kier alpha value is -1.43. The molecule has 4 heteroatoms. The van der Waals surface area contributed by atoms with E-state index in [0.29, 0.717) is 0 Å². The molecule has 2 aromatic heterocycles. The second kappa shape index (κ2) is 3.86. The molecule has 16 heavy (non-hydrogen) atoms. The molecule has 0 aliphatic heterocycles. The minimum Gasteiger partial charge on any atom is -0.229 e. The molecule has 0 spiro atoms. The first kappa shape index (κ1) is 9.77. The van der Waals surface area contributed by atoms with Crippen molar-refractivity contribution in [3.63, 3.8) is 0 Å². The van der Waals surface area contributed by atoms with Crippen molar-refractivity contribution in [3.05, 3.63) is 52.4 Å². The van der Waals surface area contributed by atoms with Gasteiger partial charge in [0.25, 0.3) is 0 Å². The average molecular weight is 321 g/mol. The van der Waals surface area contributed by atoms with Crippen LogP contribution in [0.4, 0.5) is 0 Å². The predicted octanol–water partition coefficient (Wildman–Crippen LogP) is 3.03. The van der Waals surface area contributed by atoms with E-state index in [1.807, 2.05) is 36.7 Å². The first-order valence-electron chi connectivity index (χ1n) is 4.89. The van der Waals surface area contributed by atoms with Crippen LogP contribution in [-0.4, -0.2) is 14.8 Å². The van der Waals surface area contributed by atoms with E-state index in [2.05, 4.69) is 44.8 Å². The molecular formula is C12H8IN3. The zero-order valence-corrected chi connectivity index (χ0v) is 10.5. The van der Waals surface area contributed by atoms with Crippen molar-refractivity contribution < 1.29 is 0 Å². The summed E-state index contributed by atoms with van der Waals surface area (Å²) in [5.74, 6) is 0.849. The number of fused-ring (bicyclic) bond motifs is 1. The number of benzene rings is 1. The third kappa shape index (κ3) is 1.69. The molecule has 0 radical (unpaired) electrons. The van der Waals surface area contributed by atoms with Crippen LogP contribution in [0, 0.1) is 3.57 Å². The Kier molecular flexibility index (Phi) is 2.36. The molecule has 0 unspecified atom stereocenters. The van der Waals surface area contributed by atoms with Gasteiger partial charge < -0.3 is 0 Å². The van der Waals surface area contributed by atoms with Crippen LogP contribution in [0.5, 0.6) is 0 Å². The monoisotopic (exact) mass is 321 g/mol. The molecule has 1 aromatic carbocycles. The molecular weight excluding hydrogens is 313 g/mol. The SMILES string of the molecule is Ic1cnn(-c2ccc3ccccc3n2)c1. The second-order valence-electron chi connectivity index (χ2n) is 3.47. The van der Waals surface area contributed by atoms with E-state index in [1.54, 1.807) is 4.68 Å². The van der Waals surface area contributed by atoms with Gasteiger partial charge in [0, 0.05) is 11.6 Å². The maximum Gasteiger partial charge on any atom is 0.154 e. The summed E-state index contributed by atoms with van der Waals surface area (Å²) in [5, 5.41) is 5.39. The Morgan fingerprint density at radius 3 is 2.75 bits per heavy atom. The van der Waals surface area contributed by atoms with Crippen LogP contribution in [0.3, 0.4) is 0 Å². The van der Waals surface area contributed by atoms with Crippen LogP contribution >= 0.6 is 22.6 Å². The highest BCUT2D eigenvalue weighted by Gasteiger charge is 2.01. The van der Waals surface area contributed by atoms with Crippen molar-refractivity contribution in [2.75, 3.05) is 0 Å². The smallest absolute Gasteiger partial charge is 0.154 e. The predicted molar refractivity (Wildman–Crippen MR) is 71.6 cm³/mol. The lowest BCUT2D eigenvalue weighted by Crippen LogP contribution is -1.97. The van der Waals surface area contributed by atoms with Crippen molar-refractivity contribution >= 4 is 33.5 Å². The highest BCUT2D eigenvalue weighted by atomic mass is 127. The molecule has 0 atom stereocenters. The van der Waals surface area contributed by atoms with Crippen molar-refractivity contribution in [2.45, 2.75) is 0 Å². The molecule has 0 aliphatic rings. The molecule has 0 fully saturated rings. The standard InChI is InChI=1S/C12H8IN3/c13-10-7-14-16(8-10)12-6-5-9-3-1-2-4-11(9)15-12/h1-8H. The van der Waals surface area contributed by atoms with Crippen molar-refractivity contribution in [1.29, 1.82) is 0 Å². The number of hydrogen-bond donors (Lipinski definition) is 0. The molecule has 0 saturated heterocycles. The fraction of sp³-hybridized carbons (Fsp3) is 0. The summed E-state index contributed by atoms with van der Waals surface area (Å²) in [6.07, 6.45) is 3.77. The first-order valence-corrected chi connectivity index (χ1v) is 5.97. The molecule has 3 aromatic rings. The normalized spacial score (nSPS) is 10.8. The first-order chi connectivity index (χ1) is 7.83. The van der Waals surface area contributed by atoms with Crippen LogP contribution in [0.25, 0.3) is 16.7 Å². The van der Waals surface area contributed by atoms with Crippen LogP contribution in [0.15, 0.2) is 48.8 Å². The summed E-state index contributed by atoms with van der Waals surface area (Å²) in [6.45, 7) is 0. The number of rotatable bonds is 1. The van der Waals surface area contributed by atoms with E-state index in [1.165, 1.54) is 0 Å². The third-order valence-corrected chi connectivity index (χ3v) is 2.93. The lowest BCUT2D eigenvalue weighted by Gasteiger charge is -2.02. The summed E-state index contributed by atoms with van der Waals surface area (Å²) in [7, 11) is 0. The number of pyridine rings is 1. The van der Waals surface area contributed by atoms with Gasteiger partial charge in [0.1, 0.15) is 0 Å². The maximum atomic E-state index is 4.56. The van der Waals surface area contributed by atoms with E-state index in [9.17, 15) is 0 Å². The summed E-state index contributed by atoms with van der Waals surface area (Å²) < 4.78 is 2.89. The Labute approximate surface area is 106 Å². The molecule has 3 nitrogen and oxygen atoms in total. The maximum absolute atomic E-state index is 4.56. The number of aromatic nitrogens is 3. The largest absolute Gasteiger partial charge is 0.229 e. The van der Waals surface area contributed by atoms with Crippen molar-refractivity contribution in [2.24, 2.45) is 0 Å². The van der Waals surface area contributed by atoms with Gasteiger partial charge in [-0.2, -0.15) is 5.10 Å². The van der Waals surface area contributed by atoms with Gasteiger partial charge in [0.05, 0.1) is 15.3 Å². The molecule has 0 aliphatic carbocycles. The molecule has 2 heterocycles. The molecule has 0 amide bonds. The Bertz CT molecular complexity index is 645. The van der Waals surface area contributed by atoms with Gasteiger partial charge in [-0.3, -0.25) is 0 Å². The van der Waals surface area contributed by atoms with Crippen LogP contribution in [-0.2, 0) is 0 Å². The topological polar surface area (TPSA) is 30.7 Å². The second-order valence-corrected chi connectivity index (χ2v) is 4.71. The van der Waals surface area contributed by atoms with Crippen molar-refractivity contribution in [3.8, 4) is 5.82 Å². The van der Waals surface area contributed by atoms with E-state index in [4.69, 9.17) is 0 Å². The van der Waals surface area contributed by atoms with Gasteiger partial charge in [-0.25, -0.2) is 9.67 Å². The number of halogens is 1. The van der Waals surface area contributed by atoms with Crippen molar-refractivity contribution in [1.82, 2.24) is 14.8 Å². The Balaban J connectivity index is 2.18. The molecule has 0 saturated carbocycles. The number of nitrogens with zero attached hydrogens (tertiary/aromatic N) is 3. The Morgan fingerprint density at radius 1 is 1.06 bits per heavy atom. The molecule has 0 bridgehead atoms. The number of hydrogen-bond acceptors (Lipinski definition) is 2. The summed E-state index contributed by atoms with van der Waals surface area (Å²) in [6, 6.07) is 12.1. The number of para-hydroxylation sites is 1. The van der Waals surface area contributed by atoms with Crippen LogP contribution in [0.1, 0.15) is 0 Å². The van der Waals surface area contributed by atoms with E-state index in [-0.39, 0.29) is 0 Å². The minimum absolute atomic E-state index is 0.849. The van der Waals surface area contributed by atoms with Gasteiger partial charge in [0.15, 0.2) is 5.82 Å². The summed E-state index contributed by atoms with van der Waals surface area (Å²) in [5.41, 5.74) is 0.991. The zero-order valence-electron chi connectivity index (χ0n) is 8.34. The summed E-state index contributed by atoms with van der Waals surface area (Å²) in [4.78, 5) is 4.56. The van der Waals surface area contributed by atoms with Crippen LogP contribution < -0.4 is 0 Å². The van der Waals surface area contributed by atoms with E-state index >= 15 is 0 Å². The summed E-state index contributed by atoms with van der Waals surface area (Å²) >= 11 is 2.23. The zero-order chi connectivity index (χ0) is 11.0. The average Bonchev–Trinajstić information content (AvgIpc) is 2.75. The van der Waals surface area contributed by atoms with Crippen LogP contribution in [0.2, 0.25) is 0 Å². The highest BCUT2D eigenvalue weighted by molar-refractivity contribution is 14.1. The van der Waals surface area contributed by atoms with Gasteiger partial charge in [0.2, 0.25) is 0 Å². The quantitative estimate of drug-likeness (QED) is 0.645. The van der Waals surface area contributed by atoms with Gasteiger partial charge >= 0.3 is 0 Å². The van der Waals surface area contributed by atoms with E-state index in [0.717, 1.165) is 20.3 Å². The highest BCUT2D eigenvalue weighted by Crippen LogP contribution is 2.14.